The Labute approximate surface area is 136 Å². The van der Waals surface area contributed by atoms with E-state index in [4.69, 9.17) is 14.6 Å². The van der Waals surface area contributed by atoms with Gasteiger partial charge < -0.3 is 19.7 Å². The number of aromatic carboxylic acids is 1. The maximum absolute atomic E-state index is 12.0. The van der Waals surface area contributed by atoms with E-state index >= 15 is 0 Å². The Hall–Kier alpha value is -2.80. The average Bonchev–Trinajstić information content (AvgIpc) is 3.03. The molecule has 0 aliphatic heterocycles. The number of hydrogen-bond donors (Lipinski definition) is 2. The highest BCUT2D eigenvalue weighted by Gasteiger charge is 2.12. The lowest BCUT2D eigenvalue weighted by atomic mass is 10.1. The molecule has 7 heteroatoms. The van der Waals surface area contributed by atoms with Crippen LogP contribution in [0.3, 0.4) is 0 Å². The Morgan fingerprint density at radius 1 is 1.09 bits per heavy atom. The number of carbonyl (C=O) groups is 2. The fourth-order valence-corrected chi connectivity index (χ4v) is 2.61. The summed E-state index contributed by atoms with van der Waals surface area (Å²) in [6.45, 7) is 0. The lowest BCUT2D eigenvalue weighted by Gasteiger charge is -2.09. The minimum atomic E-state index is -1.06. The van der Waals surface area contributed by atoms with Gasteiger partial charge in [0.25, 0.3) is 0 Å². The van der Waals surface area contributed by atoms with Gasteiger partial charge in [0, 0.05) is 0 Å². The first-order valence-electron chi connectivity index (χ1n) is 6.46. The second-order valence-electron chi connectivity index (χ2n) is 4.44. The van der Waals surface area contributed by atoms with Crippen molar-refractivity contribution in [1.29, 1.82) is 0 Å². The Balaban J connectivity index is 2.25. The molecule has 1 aromatic carbocycles. The summed E-state index contributed by atoms with van der Waals surface area (Å²) in [6.07, 6.45) is 2.86. The van der Waals surface area contributed by atoms with Gasteiger partial charge in [-0.25, -0.2) is 4.79 Å². The number of carboxylic acid groups (broad SMARTS) is 1. The van der Waals surface area contributed by atoms with Gasteiger partial charge in [0.1, 0.15) is 4.88 Å². The fourth-order valence-electron chi connectivity index (χ4n) is 1.85. The molecule has 0 fully saturated rings. The van der Waals surface area contributed by atoms with Crippen molar-refractivity contribution < 1.29 is 29.3 Å². The first-order valence-corrected chi connectivity index (χ1v) is 7.28. The van der Waals surface area contributed by atoms with Gasteiger partial charge in [0.15, 0.2) is 17.3 Å². The van der Waals surface area contributed by atoms with E-state index in [0.717, 1.165) is 11.3 Å². The van der Waals surface area contributed by atoms with Crippen molar-refractivity contribution in [2.24, 2.45) is 0 Å². The molecule has 0 unspecified atom stereocenters. The van der Waals surface area contributed by atoms with Crippen molar-refractivity contribution in [3.63, 3.8) is 0 Å². The van der Waals surface area contributed by atoms with Gasteiger partial charge >= 0.3 is 5.97 Å². The Bertz CT molecular complexity index is 750. The number of carbonyl (C=O) groups excluding carboxylic acids is 1. The summed E-state index contributed by atoms with van der Waals surface area (Å²) in [4.78, 5) is 23.3. The van der Waals surface area contributed by atoms with Crippen LogP contribution >= 0.6 is 11.3 Å². The molecule has 2 N–H and O–H groups in total. The molecule has 0 radical (unpaired) electrons. The van der Waals surface area contributed by atoms with Crippen LogP contribution in [0.5, 0.6) is 17.2 Å². The molecule has 0 saturated carbocycles. The third-order valence-electron chi connectivity index (χ3n) is 2.99. The van der Waals surface area contributed by atoms with Crippen LogP contribution in [0, 0.1) is 0 Å². The van der Waals surface area contributed by atoms with Crippen molar-refractivity contribution in [2.45, 2.75) is 0 Å². The summed E-state index contributed by atoms with van der Waals surface area (Å²) >= 11 is 0.912. The van der Waals surface area contributed by atoms with Gasteiger partial charge in [0.05, 0.1) is 19.1 Å². The number of phenols is 1. The second-order valence-corrected chi connectivity index (χ2v) is 5.52. The molecule has 0 amide bonds. The number of rotatable bonds is 6. The van der Waals surface area contributed by atoms with Gasteiger partial charge in [0.2, 0.25) is 5.75 Å². The largest absolute Gasteiger partial charge is 0.502 e. The van der Waals surface area contributed by atoms with E-state index in [9.17, 15) is 14.7 Å². The van der Waals surface area contributed by atoms with E-state index in [1.165, 1.54) is 38.5 Å². The number of ether oxygens (including phenoxy) is 2. The summed E-state index contributed by atoms with van der Waals surface area (Å²) in [5, 5.41) is 18.7. The van der Waals surface area contributed by atoms with Gasteiger partial charge in [-0.2, -0.15) is 0 Å². The molecule has 2 rings (SSSR count). The molecular formula is C16H14O6S. The van der Waals surface area contributed by atoms with Crippen molar-refractivity contribution in [3.05, 3.63) is 45.7 Å². The molecule has 6 nitrogen and oxygen atoms in total. The first kappa shape index (κ1) is 16.6. The van der Waals surface area contributed by atoms with Crippen LogP contribution in [0.4, 0.5) is 0 Å². The number of aromatic hydroxyl groups is 1. The molecule has 0 aliphatic carbocycles. The third-order valence-corrected chi connectivity index (χ3v) is 4.08. The second kappa shape index (κ2) is 6.97. The highest BCUT2D eigenvalue weighted by Crippen LogP contribution is 2.37. The first-order chi connectivity index (χ1) is 11.0. The quantitative estimate of drug-likeness (QED) is 0.623. The maximum atomic E-state index is 12.0. The van der Waals surface area contributed by atoms with Crippen molar-refractivity contribution >= 4 is 29.2 Å². The van der Waals surface area contributed by atoms with E-state index in [-0.39, 0.29) is 27.9 Å². The zero-order valence-corrected chi connectivity index (χ0v) is 13.2. The van der Waals surface area contributed by atoms with Crippen LogP contribution in [-0.2, 0) is 0 Å². The normalized spacial score (nSPS) is 10.7. The van der Waals surface area contributed by atoms with E-state index < -0.39 is 5.97 Å². The predicted molar refractivity (Wildman–Crippen MR) is 85.9 cm³/mol. The monoisotopic (exact) mass is 334 g/mol. The molecule has 120 valence electrons. The summed E-state index contributed by atoms with van der Waals surface area (Å²) in [6, 6.07) is 5.97. The average molecular weight is 334 g/mol. The fraction of sp³-hybridized carbons (Fsp3) is 0.125. The van der Waals surface area contributed by atoms with Crippen LogP contribution in [0.15, 0.2) is 30.3 Å². The van der Waals surface area contributed by atoms with Crippen LogP contribution in [0.2, 0.25) is 0 Å². The molecule has 0 aliphatic rings. The highest BCUT2D eigenvalue weighted by molar-refractivity contribution is 7.16. The van der Waals surface area contributed by atoms with Crippen LogP contribution in [0.1, 0.15) is 24.9 Å². The zero-order valence-electron chi connectivity index (χ0n) is 12.4. The molecule has 0 atom stereocenters. The molecule has 0 bridgehead atoms. The Morgan fingerprint density at radius 3 is 2.13 bits per heavy atom. The van der Waals surface area contributed by atoms with Crippen LogP contribution < -0.4 is 9.47 Å². The molecule has 0 spiro atoms. The molecule has 1 aromatic heterocycles. The summed E-state index contributed by atoms with van der Waals surface area (Å²) in [5.74, 6) is -1.05. The number of carboxylic acids is 1. The lowest BCUT2D eigenvalue weighted by Crippen LogP contribution is -1.92. The number of benzene rings is 1. The number of phenolic OH excluding ortho intramolecular Hbond substituents is 1. The third kappa shape index (κ3) is 3.70. The lowest BCUT2D eigenvalue weighted by molar-refractivity contribution is 0.0702. The zero-order chi connectivity index (χ0) is 17.0. The summed E-state index contributed by atoms with van der Waals surface area (Å²) in [7, 11) is 2.82. The SMILES string of the molecule is COc1cc(C=CC(=O)c2ccc(C(=O)O)s2)cc(OC)c1O. The van der Waals surface area contributed by atoms with E-state index in [0.29, 0.717) is 10.4 Å². The van der Waals surface area contributed by atoms with Crippen molar-refractivity contribution in [2.75, 3.05) is 14.2 Å². The number of ketones is 1. The number of hydrogen-bond acceptors (Lipinski definition) is 6. The summed E-state index contributed by atoms with van der Waals surface area (Å²) in [5.41, 5.74) is 0.597. The Kier molecular flexibility index (Phi) is 5.02. The van der Waals surface area contributed by atoms with Gasteiger partial charge in [-0.1, -0.05) is 6.08 Å². The van der Waals surface area contributed by atoms with Gasteiger partial charge in [-0.3, -0.25) is 4.79 Å². The number of methoxy groups -OCH3 is 2. The Morgan fingerprint density at radius 2 is 1.65 bits per heavy atom. The van der Waals surface area contributed by atoms with Gasteiger partial charge in [-0.15, -0.1) is 11.3 Å². The van der Waals surface area contributed by atoms with Gasteiger partial charge in [-0.05, 0) is 35.9 Å². The minimum Gasteiger partial charge on any atom is -0.502 e. The standard InChI is InChI=1S/C16H14O6S/c1-21-11-7-9(8-12(22-2)15(11)18)3-4-10(17)13-5-6-14(23-13)16(19)20/h3-8,18H,1-2H3,(H,19,20). The summed E-state index contributed by atoms with van der Waals surface area (Å²) < 4.78 is 10.1. The molecular weight excluding hydrogens is 320 g/mol. The van der Waals surface area contributed by atoms with Crippen molar-refractivity contribution in [1.82, 2.24) is 0 Å². The maximum Gasteiger partial charge on any atom is 0.345 e. The number of allylic oxidation sites excluding steroid dienone is 1. The van der Waals surface area contributed by atoms with Crippen LogP contribution in [0.25, 0.3) is 6.08 Å². The predicted octanol–water partition coefficient (Wildman–Crippen LogP) is 3.07. The molecule has 0 saturated heterocycles. The highest BCUT2D eigenvalue weighted by atomic mass is 32.1. The van der Waals surface area contributed by atoms with Crippen LogP contribution in [-0.4, -0.2) is 36.2 Å². The smallest absolute Gasteiger partial charge is 0.345 e. The van der Waals surface area contributed by atoms with E-state index in [1.54, 1.807) is 12.1 Å². The molecule has 1 heterocycles. The minimum absolute atomic E-state index is 0.106. The number of thiophene rings is 1. The molecule has 2 aromatic rings. The topological polar surface area (TPSA) is 93.1 Å². The van der Waals surface area contributed by atoms with Crippen molar-refractivity contribution in [3.8, 4) is 17.2 Å². The molecule has 23 heavy (non-hydrogen) atoms. The van der Waals surface area contributed by atoms with E-state index in [1.807, 2.05) is 0 Å². The van der Waals surface area contributed by atoms with E-state index in [2.05, 4.69) is 0 Å².